The molecule has 1 aromatic rings. The van der Waals surface area contributed by atoms with Crippen LogP contribution in [-0.4, -0.2) is 58.8 Å². The van der Waals surface area contributed by atoms with Crippen LogP contribution in [0.4, 0.5) is 0 Å². The molecule has 2 atom stereocenters. The molecule has 0 saturated carbocycles. The Morgan fingerprint density at radius 1 is 1.64 bits per heavy atom. The minimum Gasteiger partial charge on any atom is -0.338 e. The van der Waals surface area contributed by atoms with Crippen molar-refractivity contribution in [2.75, 3.05) is 32.1 Å². The number of nitrogens with zero attached hydrogens (tertiary/aromatic N) is 3. The van der Waals surface area contributed by atoms with E-state index in [0.29, 0.717) is 11.7 Å². The second kappa shape index (κ2) is 9.43. The predicted octanol–water partition coefficient (Wildman–Crippen LogP) is 2.44. The number of hydrogen-bond acceptors (Lipinski definition) is 4. The number of aromatic nitrogens is 2. The van der Waals surface area contributed by atoms with Gasteiger partial charge in [-0.05, 0) is 50.8 Å². The van der Waals surface area contributed by atoms with Crippen molar-refractivity contribution in [1.82, 2.24) is 20.0 Å². The first-order valence-corrected chi connectivity index (χ1v) is 9.05. The highest BCUT2D eigenvalue weighted by atomic mass is 35.5. The fourth-order valence-corrected chi connectivity index (χ4v) is 3.15. The number of carbonyl (C=O) groups is 1. The van der Waals surface area contributed by atoms with E-state index in [2.05, 4.69) is 23.6 Å². The van der Waals surface area contributed by atoms with Gasteiger partial charge < -0.3 is 10.2 Å². The van der Waals surface area contributed by atoms with Crippen LogP contribution < -0.4 is 5.32 Å². The van der Waals surface area contributed by atoms with E-state index in [9.17, 15) is 4.79 Å². The summed E-state index contributed by atoms with van der Waals surface area (Å²) < 4.78 is 1.94. The Hall–Kier alpha value is -0.720. The number of carbonyl (C=O) groups excluding carboxylic acids is 1. The van der Waals surface area contributed by atoms with Crippen LogP contribution in [0.15, 0.2) is 12.3 Å². The Bertz CT molecular complexity index is 462. The molecule has 0 bridgehead atoms. The summed E-state index contributed by atoms with van der Waals surface area (Å²) in [5, 5.41) is 7.88. The van der Waals surface area contributed by atoms with Crippen molar-refractivity contribution in [2.45, 2.75) is 38.3 Å². The van der Waals surface area contributed by atoms with Crippen LogP contribution in [0.5, 0.6) is 0 Å². The van der Waals surface area contributed by atoms with Gasteiger partial charge in [0.05, 0.1) is 6.04 Å². The van der Waals surface area contributed by atoms with E-state index in [4.69, 9.17) is 0 Å². The van der Waals surface area contributed by atoms with Crippen molar-refractivity contribution in [1.29, 1.82) is 0 Å². The summed E-state index contributed by atoms with van der Waals surface area (Å²) in [4.78, 5) is 14.3. The molecule has 1 N–H and O–H groups in total. The highest BCUT2D eigenvalue weighted by Crippen LogP contribution is 2.17. The Morgan fingerprint density at radius 3 is 3.05 bits per heavy atom. The van der Waals surface area contributed by atoms with Crippen molar-refractivity contribution in [3.05, 3.63) is 18.0 Å². The molecule has 1 aliphatic heterocycles. The second-order valence-corrected chi connectivity index (χ2v) is 6.71. The zero-order valence-corrected chi connectivity index (χ0v) is 15.3. The molecule has 0 aromatic carbocycles. The molecule has 1 amide bonds. The molecular weight excluding hydrogens is 320 g/mol. The zero-order chi connectivity index (χ0) is 15.2. The Labute approximate surface area is 143 Å². The molecule has 1 aromatic heterocycles. The number of rotatable bonds is 6. The summed E-state index contributed by atoms with van der Waals surface area (Å²) in [5.41, 5.74) is 0.555. The number of halogens is 1. The highest BCUT2D eigenvalue weighted by molar-refractivity contribution is 7.98. The first-order chi connectivity index (χ1) is 10.1. The van der Waals surface area contributed by atoms with Gasteiger partial charge >= 0.3 is 0 Å². The van der Waals surface area contributed by atoms with Crippen molar-refractivity contribution in [3.63, 3.8) is 0 Å². The molecule has 22 heavy (non-hydrogen) atoms. The lowest BCUT2D eigenvalue weighted by Gasteiger charge is -2.24. The maximum absolute atomic E-state index is 12.5. The van der Waals surface area contributed by atoms with Crippen LogP contribution in [0.1, 0.15) is 42.7 Å². The highest BCUT2D eigenvalue weighted by Gasteiger charge is 2.21. The largest absolute Gasteiger partial charge is 0.338 e. The smallest absolute Gasteiger partial charge is 0.274 e. The predicted molar refractivity (Wildman–Crippen MR) is 95.2 cm³/mol. The number of amides is 1. The lowest BCUT2D eigenvalue weighted by molar-refractivity contribution is 0.0734. The van der Waals surface area contributed by atoms with Crippen LogP contribution in [0.25, 0.3) is 0 Å². The van der Waals surface area contributed by atoms with Crippen LogP contribution in [0.3, 0.4) is 0 Å². The van der Waals surface area contributed by atoms with Crippen molar-refractivity contribution < 1.29 is 4.79 Å². The summed E-state index contributed by atoms with van der Waals surface area (Å²) in [6, 6.07) is 2.46. The number of piperidine rings is 1. The van der Waals surface area contributed by atoms with Gasteiger partial charge in [0.2, 0.25) is 0 Å². The normalized spacial score (nSPS) is 19.3. The molecule has 5 nitrogen and oxygen atoms in total. The molecule has 0 radical (unpaired) electrons. The van der Waals surface area contributed by atoms with E-state index in [0.717, 1.165) is 31.7 Å². The quantitative estimate of drug-likeness (QED) is 0.859. The molecule has 0 aliphatic carbocycles. The lowest BCUT2D eigenvalue weighted by atomic mass is 10.1. The van der Waals surface area contributed by atoms with Crippen LogP contribution in [0, 0.1) is 0 Å². The summed E-state index contributed by atoms with van der Waals surface area (Å²) in [5.74, 6) is 1.09. The third kappa shape index (κ3) is 4.89. The summed E-state index contributed by atoms with van der Waals surface area (Å²) in [6.07, 6.45) is 7.33. The summed E-state index contributed by atoms with van der Waals surface area (Å²) in [6.45, 7) is 4.12. The molecule has 126 valence electrons. The van der Waals surface area contributed by atoms with Crippen molar-refractivity contribution in [3.8, 4) is 0 Å². The van der Waals surface area contributed by atoms with Gasteiger partial charge in [0.25, 0.3) is 5.91 Å². The molecular formula is C15H27ClN4OS. The zero-order valence-electron chi connectivity index (χ0n) is 13.6. The van der Waals surface area contributed by atoms with Crippen LogP contribution in [0.2, 0.25) is 0 Å². The van der Waals surface area contributed by atoms with Gasteiger partial charge in [-0.3, -0.25) is 9.48 Å². The van der Waals surface area contributed by atoms with Gasteiger partial charge in [-0.25, -0.2) is 0 Å². The van der Waals surface area contributed by atoms with Gasteiger partial charge in [-0.2, -0.15) is 16.9 Å². The van der Waals surface area contributed by atoms with Gasteiger partial charge in [0.1, 0.15) is 5.69 Å². The molecule has 1 aliphatic rings. The standard InChI is InChI=1S/C15H26N4OS.ClH/c1-12(7-10-21-3)18(2)15(20)14-6-9-19(17-14)13-5-4-8-16-11-13;/h6,9,12-13,16H,4-5,7-8,10-11H2,1-3H3;1H. The van der Waals surface area contributed by atoms with Crippen LogP contribution >= 0.6 is 24.2 Å². The number of nitrogens with one attached hydrogen (secondary N) is 1. The maximum Gasteiger partial charge on any atom is 0.274 e. The van der Waals surface area contributed by atoms with Crippen molar-refractivity contribution >= 4 is 30.1 Å². The summed E-state index contributed by atoms with van der Waals surface area (Å²) >= 11 is 1.81. The minimum absolute atomic E-state index is 0. The van der Waals surface area contributed by atoms with Gasteiger partial charge in [-0.1, -0.05) is 0 Å². The third-order valence-electron chi connectivity index (χ3n) is 4.19. The Morgan fingerprint density at radius 2 is 2.41 bits per heavy atom. The van der Waals surface area contributed by atoms with E-state index in [1.54, 1.807) is 0 Å². The Kier molecular flexibility index (Phi) is 8.28. The maximum atomic E-state index is 12.5. The fourth-order valence-electron chi connectivity index (χ4n) is 2.58. The second-order valence-electron chi connectivity index (χ2n) is 5.73. The molecule has 2 heterocycles. The number of hydrogen-bond donors (Lipinski definition) is 1. The van der Waals surface area contributed by atoms with Crippen LogP contribution in [-0.2, 0) is 0 Å². The van der Waals surface area contributed by atoms with E-state index in [1.165, 1.54) is 6.42 Å². The van der Waals surface area contributed by atoms with Crippen molar-refractivity contribution in [2.24, 2.45) is 0 Å². The molecule has 1 saturated heterocycles. The van der Waals surface area contributed by atoms with E-state index in [-0.39, 0.29) is 24.4 Å². The molecule has 7 heteroatoms. The van der Waals surface area contributed by atoms with Gasteiger partial charge in [0.15, 0.2) is 0 Å². The van der Waals surface area contributed by atoms with E-state index >= 15 is 0 Å². The van der Waals surface area contributed by atoms with E-state index in [1.807, 2.05) is 40.7 Å². The average molecular weight is 347 g/mol. The van der Waals surface area contributed by atoms with Gasteiger partial charge in [0, 0.05) is 25.8 Å². The monoisotopic (exact) mass is 346 g/mol. The van der Waals surface area contributed by atoms with E-state index < -0.39 is 0 Å². The SMILES string of the molecule is CSCCC(C)N(C)C(=O)c1ccn(C2CCCNC2)n1.Cl. The molecule has 1 fully saturated rings. The molecule has 0 spiro atoms. The fraction of sp³-hybridized carbons (Fsp3) is 0.733. The summed E-state index contributed by atoms with van der Waals surface area (Å²) in [7, 11) is 1.87. The molecule has 2 unspecified atom stereocenters. The third-order valence-corrected chi connectivity index (χ3v) is 4.84. The molecule has 2 rings (SSSR count). The first-order valence-electron chi connectivity index (χ1n) is 7.65. The minimum atomic E-state index is 0. The first kappa shape index (κ1) is 19.3. The topological polar surface area (TPSA) is 50.2 Å². The lowest BCUT2D eigenvalue weighted by Crippen LogP contribution is -2.36. The van der Waals surface area contributed by atoms with Gasteiger partial charge in [-0.15, -0.1) is 12.4 Å². The Balaban J connectivity index is 0.00000242. The average Bonchev–Trinajstić information content (AvgIpc) is 3.02. The number of thioether (sulfide) groups is 1.